The van der Waals surface area contributed by atoms with Gasteiger partial charge < -0.3 is 4.74 Å². The van der Waals surface area contributed by atoms with Crippen molar-refractivity contribution in [3.63, 3.8) is 0 Å². The van der Waals surface area contributed by atoms with Gasteiger partial charge in [-0.3, -0.25) is 24.7 Å². The van der Waals surface area contributed by atoms with E-state index >= 15 is 0 Å². The third-order valence-corrected chi connectivity index (χ3v) is 5.17. The largest absolute Gasteiger partial charge is 0.437 e. The van der Waals surface area contributed by atoms with E-state index < -0.39 is 29.2 Å². The quantitative estimate of drug-likeness (QED) is 0.268. The zero-order chi connectivity index (χ0) is 22.4. The average molecular weight is 463 g/mol. The van der Waals surface area contributed by atoms with Crippen LogP contribution in [0, 0.1) is 5.92 Å². The minimum Gasteiger partial charge on any atom is -0.437 e. The van der Waals surface area contributed by atoms with Crippen LogP contribution in [0.25, 0.3) is 0 Å². The van der Waals surface area contributed by atoms with E-state index in [2.05, 4.69) is 10.5 Å². The number of hydroxylamine groups is 1. The fourth-order valence-electron chi connectivity index (χ4n) is 3.23. The van der Waals surface area contributed by atoms with Gasteiger partial charge in [0, 0.05) is 47.8 Å². The summed E-state index contributed by atoms with van der Waals surface area (Å²) in [5, 5.41) is 0.807. The number of rotatable bonds is 8. The van der Waals surface area contributed by atoms with Crippen LogP contribution in [0.15, 0.2) is 48.7 Å². The summed E-state index contributed by atoms with van der Waals surface area (Å²) < 4.78 is 5.72. The Kier molecular flexibility index (Phi) is 7.79. The second-order valence-corrected chi connectivity index (χ2v) is 7.68. The predicted molar refractivity (Wildman–Crippen MR) is 115 cm³/mol. The summed E-state index contributed by atoms with van der Waals surface area (Å²) in [7, 11) is 0. The number of halogens is 2. The van der Waals surface area contributed by atoms with E-state index in [1.54, 1.807) is 43.3 Å². The van der Waals surface area contributed by atoms with Gasteiger partial charge in [0.05, 0.1) is 11.6 Å². The van der Waals surface area contributed by atoms with E-state index in [9.17, 15) is 14.4 Å². The summed E-state index contributed by atoms with van der Waals surface area (Å²) in [6, 6.07) is 9.89. The van der Waals surface area contributed by atoms with E-state index in [0.717, 1.165) is 6.08 Å². The molecule has 162 valence electrons. The van der Waals surface area contributed by atoms with Gasteiger partial charge in [0.25, 0.3) is 0 Å². The molecule has 3 rings (SSSR count). The van der Waals surface area contributed by atoms with Crippen LogP contribution in [0.1, 0.15) is 31.4 Å². The fourth-order valence-corrected chi connectivity index (χ4v) is 3.68. The van der Waals surface area contributed by atoms with Crippen molar-refractivity contribution in [1.29, 1.82) is 0 Å². The highest BCUT2D eigenvalue weighted by molar-refractivity contribution is 6.35. The molecule has 0 saturated heterocycles. The van der Waals surface area contributed by atoms with Crippen molar-refractivity contribution >= 4 is 40.6 Å². The number of pyridine rings is 1. The van der Waals surface area contributed by atoms with Crippen LogP contribution in [0.4, 0.5) is 0 Å². The molecule has 0 aliphatic heterocycles. The number of hydrogen-bond donors (Lipinski definition) is 1. The van der Waals surface area contributed by atoms with Crippen molar-refractivity contribution in [2.75, 3.05) is 6.61 Å². The Hall–Kier alpha value is -2.74. The zero-order valence-electron chi connectivity index (χ0n) is 16.6. The molecule has 2 aromatic rings. The van der Waals surface area contributed by atoms with E-state index in [1.807, 2.05) is 0 Å². The second-order valence-electron chi connectivity index (χ2n) is 6.83. The molecule has 1 aliphatic rings. The van der Waals surface area contributed by atoms with Crippen molar-refractivity contribution in [2.45, 2.75) is 25.7 Å². The molecular formula is C22H20Cl2N2O5. The first kappa shape index (κ1) is 22.9. The lowest BCUT2D eigenvalue weighted by atomic mass is 9.76. The van der Waals surface area contributed by atoms with Crippen LogP contribution in [-0.4, -0.2) is 28.9 Å². The van der Waals surface area contributed by atoms with Gasteiger partial charge >= 0.3 is 0 Å². The number of carbonyl (C=O) groups excluding carboxylic acids is 3. The minimum atomic E-state index is -1.29. The number of benzene rings is 1. The van der Waals surface area contributed by atoms with Crippen LogP contribution in [0.2, 0.25) is 10.0 Å². The number of nitrogens with zero attached hydrogens (tertiary/aromatic N) is 1. The maximum Gasteiger partial charge on any atom is 0.219 e. The molecule has 1 fully saturated rings. The molecule has 1 aliphatic carbocycles. The van der Waals surface area contributed by atoms with E-state index in [-0.39, 0.29) is 18.7 Å². The summed E-state index contributed by atoms with van der Waals surface area (Å²) in [6.07, 6.45) is 2.47. The summed E-state index contributed by atoms with van der Waals surface area (Å²) >= 11 is 12.0. The fraction of sp³-hybridized carbons (Fsp3) is 0.273. The van der Waals surface area contributed by atoms with Gasteiger partial charge in [-0.1, -0.05) is 29.3 Å². The van der Waals surface area contributed by atoms with Crippen LogP contribution < -0.4 is 10.2 Å². The molecule has 31 heavy (non-hydrogen) atoms. The monoisotopic (exact) mass is 462 g/mol. The van der Waals surface area contributed by atoms with Crippen molar-refractivity contribution in [2.24, 2.45) is 5.92 Å². The van der Waals surface area contributed by atoms with Gasteiger partial charge in [-0.15, -0.1) is 0 Å². The SMILES string of the molecule is CCONC=CC(=O)C1C(=O)CC(c2cccc(Oc3ccc(Cl)cc3Cl)n2)CC1=O. The van der Waals surface area contributed by atoms with E-state index in [4.69, 9.17) is 32.8 Å². The first-order chi connectivity index (χ1) is 14.9. The Morgan fingerprint density at radius 2 is 1.94 bits per heavy atom. The number of carbonyl (C=O) groups is 3. The van der Waals surface area contributed by atoms with Crippen LogP contribution in [0.5, 0.6) is 11.6 Å². The van der Waals surface area contributed by atoms with Crippen molar-refractivity contribution in [1.82, 2.24) is 10.5 Å². The van der Waals surface area contributed by atoms with Gasteiger partial charge in [0.2, 0.25) is 5.88 Å². The molecule has 0 amide bonds. The third kappa shape index (κ3) is 5.91. The second kappa shape index (κ2) is 10.5. The molecule has 1 saturated carbocycles. The molecule has 7 nitrogen and oxygen atoms in total. The maximum absolute atomic E-state index is 12.6. The molecule has 9 heteroatoms. The summed E-state index contributed by atoms with van der Waals surface area (Å²) in [5.41, 5.74) is 2.97. The highest BCUT2D eigenvalue weighted by Crippen LogP contribution is 2.34. The predicted octanol–water partition coefficient (Wildman–Crippen LogP) is 4.44. The van der Waals surface area contributed by atoms with Crippen LogP contribution >= 0.6 is 23.2 Å². The Labute approximate surface area is 189 Å². The van der Waals surface area contributed by atoms with Gasteiger partial charge in [-0.05, 0) is 31.2 Å². The maximum atomic E-state index is 12.6. The molecule has 0 bridgehead atoms. The first-order valence-corrected chi connectivity index (χ1v) is 10.4. The Bertz CT molecular complexity index is 1010. The van der Waals surface area contributed by atoms with Gasteiger partial charge in [-0.25, -0.2) is 4.98 Å². The van der Waals surface area contributed by atoms with E-state index in [0.29, 0.717) is 28.1 Å². The average Bonchev–Trinajstić information content (AvgIpc) is 2.73. The lowest BCUT2D eigenvalue weighted by Crippen LogP contribution is -2.37. The van der Waals surface area contributed by atoms with Crippen molar-refractivity contribution in [3.8, 4) is 11.6 Å². The van der Waals surface area contributed by atoms with Crippen molar-refractivity contribution in [3.05, 3.63) is 64.4 Å². The summed E-state index contributed by atoms with van der Waals surface area (Å²) in [6.45, 7) is 2.18. The Morgan fingerprint density at radius 3 is 2.61 bits per heavy atom. The lowest BCUT2D eigenvalue weighted by Gasteiger charge is -2.24. The highest BCUT2D eigenvalue weighted by atomic mass is 35.5. The molecule has 1 aromatic carbocycles. The summed E-state index contributed by atoms with van der Waals surface area (Å²) in [5.74, 6) is -2.50. The Balaban J connectivity index is 1.70. The molecular weight excluding hydrogens is 443 g/mol. The molecule has 0 unspecified atom stereocenters. The molecule has 0 radical (unpaired) electrons. The number of hydrogen-bond acceptors (Lipinski definition) is 7. The number of allylic oxidation sites excluding steroid dienone is 1. The highest BCUT2D eigenvalue weighted by Gasteiger charge is 2.40. The summed E-state index contributed by atoms with van der Waals surface area (Å²) in [4.78, 5) is 46.7. The number of aromatic nitrogens is 1. The molecule has 1 heterocycles. The smallest absolute Gasteiger partial charge is 0.219 e. The van der Waals surface area contributed by atoms with Gasteiger partial charge in [0.15, 0.2) is 17.3 Å². The lowest BCUT2D eigenvalue weighted by molar-refractivity contribution is -0.141. The topological polar surface area (TPSA) is 94.6 Å². The number of nitrogens with one attached hydrogen (secondary N) is 1. The zero-order valence-corrected chi connectivity index (χ0v) is 18.2. The van der Waals surface area contributed by atoms with E-state index in [1.165, 1.54) is 6.20 Å². The molecule has 1 N–H and O–H groups in total. The Morgan fingerprint density at radius 1 is 1.19 bits per heavy atom. The number of ketones is 3. The number of Topliss-reactive ketones (excluding diaryl/α,β-unsaturated/α-hetero) is 2. The third-order valence-electron chi connectivity index (χ3n) is 4.64. The minimum absolute atomic E-state index is 0.0348. The molecule has 0 atom stereocenters. The van der Waals surface area contributed by atoms with Gasteiger partial charge in [-0.2, -0.15) is 0 Å². The standard InChI is InChI=1S/C22H20Cl2N2O5/c1-2-30-25-9-8-17(27)22-18(28)10-13(11-19(22)29)16-4-3-5-21(26-16)31-20-7-6-14(23)12-15(20)24/h3-9,12-13,22,25H,2,10-11H2,1H3. The van der Waals surface area contributed by atoms with Crippen molar-refractivity contribution < 1.29 is 24.0 Å². The van der Waals surface area contributed by atoms with Gasteiger partial charge in [0.1, 0.15) is 11.7 Å². The van der Waals surface area contributed by atoms with Crippen LogP contribution in [-0.2, 0) is 19.2 Å². The normalized spacial score (nSPS) is 18.9. The molecule has 1 aromatic heterocycles. The molecule has 0 spiro atoms. The van der Waals surface area contributed by atoms with Crippen LogP contribution in [0.3, 0.4) is 0 Å². The first-order valence-electron chi connectivity index (χ1n) is 9.62. The number of ether oxygens (including phenoxy) is 1.